The number of aromatic nitrogens is 3. The van der Waals surface area contributed by atoms with Gasteiger partial charge in [-0.2, -0.15) is 0 Å². The van der Waals surface area contributed by atoms with Crippen molar-refractivity contribution in [2.24, 2.45) is 0 Å². The van der Waals surface area contributed by atoms with Crippen molar-refractivity contribution in [1.82, 2.24) is 15.0 Å². The van der Waals surface area contributed by atoms with E-state index in [0.717, 1.165) is 22.2 Å². The molecule has 6 heteroatoms. The number of nitrogens with zero attached hydrogens (tertiary/aromatic N) is 3. The van der Waals surface area contributed by atoms with Crippen molar-refractivity contribution in [1.29, 1.82) is 0 Å². The molecule has 33 heavy (non-hydrogen) atoms. The Kier molecular flexibility index (Phi) is 5.24. The lowest BCUT2D eigenvalue weighted by molar-refractivity contribution is 0.00578. The maximum atomic E-state index is 6.24. The Balaban J connectivity index is 1.59. The zero-order valence-electron chi connectivity index (χ0n) is 19.2. The number of rotatable bonds is 4. The van der Waals surface area contributed by atoms with Crippen LogP contribution in [0.2, 0.25) is 0 Å². The molecule has 0 aliphatic carbocycles. The molecule has 0 amide bonds. The molecule has 4 aromatic rings. The van der Waals surface area contributed by atoms with Crippen molar-refractivity contribution in [3.63, 3.8) is 0 Å². The summed E-state index contributed by atoms with van der Waals surface area (Å²) in [6.45, 7) is 8.20. The van der Waals surface area contributed by atoms with Gasteiger partial charge in [-0.3, -0.25) is 0 Å². The molecule has 0 N–H and O–H groups in total. The third kappa shape index (κ3) is 4.14. The first-order valence-corrected chi connectivity index (χ1v) is 11.0. The quantitative estimate of drug-likeness (QED) is 0.434. The predicted octanol–water partition coefficient (Wildman–Crippen LogP) is 4.77. The van der Waals surface area contributed by atoms with Gasteiger partial charge in [0, 0.05) is 11.1 Å². The fourth-order valence-corrected chi connectivity index (χ4v) is 3.63. The summed E-state index contributed by atoms with van der Waals surface area (Å²) in [5, 5.41) is 0. The van der Waals surface area contributed by atoms with E-state index in [1.165, 1.54) is 0 Å². The standard InChI is InChI=1S/C27H24BN3O2/c1-26(2)27(3,4)33-28(32-26)22-17-11-16-21(18-22)25-30-23(19-12-7-5-8-13-19)29-24(31-25)20-14-9-6-10-15-20/h5-9,11-14,16-18H,1-4H3. The molecule has 1 aromatic heterocycles. The summed E-state index contributed by atoms with van der Waals surface area (Å²) in [6.07, 6.45) is 0. The minimum atomic E-state index is -0.457. The molecule has 1 aliphatic heterocycles. The summed E-state index contributed by atoms with van der Waals surface area (Å²) >= 11 is 0. The van der Waals surface area contributed by atoms with Crippen LogP contribution in [-0.2, 0) is 9.31 Å². The molecule has 0 saturated carbocycles. The van der Waals surface area contributed by atoms with Crippen LogP contribution < -0.4 is 5.46 Å². The molecular formula is C27H24BN3O2. The highest BCUT2D eigenvalue weighted by molar-refractivity contribution is 6.62. The van der Waals surface area contributed by atoms with Gasteiger partial charge in [0.05, 0.1) is 16.8 Å². The van der Waals surface area contributed by atoms with Gasteiger partial charge in [0.1, 0.15) is 0 Å². The van der Waals surface area contributed by atoms with E-state index in [1.807, 2.05) is 66.7 Å². The Morgan fingerprint density at radius 1 is 0.697 bits per heavy atom. The minimum absolute atomic E-state index is 0.409. The fourth-order valence-electron chi connectivity index (χ4n) is 3.63. The minimum Gasteiger partial charge on any atom is -0.399 e. The highest BCUT2D eigenvalue weighted by atomic mass is 16.7. The van der Waals surface area contributed by atoms with E-state index in [4.69, 9.17) is 24.3 Å². The molecule has 0 atom stereocenters. The maximum absolute atomic E-state index is 6.24. The van der Waals surface area contributed by atoms with Crippen molar-refractivity contribution < 1.29 is 9.31 Å². The van der Waals surface area contributed by atoms with E-state index in [-0.39, 0.29) is 0 Å². The van der Waals surface area contributed by atoms with Gasteiger partial charge in [0.2, 0.25) is 0 Å². The van der Waals surface area contributed by atoms with Crippen LogP contribution in [0.5, 0.6) is 0 Å². The summed E-state index contributed by atoms with van der Waals surface area (Å²) in [7, 11) is -0.457. The molecule has 5 nitrogen and oxygen atoms in total. The van der Waals surface area contributed by atoms with Gasteiger partial charge in [-0.25, -0.2) is 15.0 Å². The first kappa shape index (κ1) is 21.3. The van der Waals surface area contributed by atoms with Crippen LogP contribution >= 0.6 is 0 Å². The van der Waals surface area contributed by atoms with Crippen molar-refractivity contribution in [2.45, 2.75) is 38.9 Å². The highest BCUT2D eigenvalue weighted by Crippen LogP contribution is 2.36. The molecule has 0 bridgehead atoms. The lowest BCUT2D eigenvalue weighted by Gasteiger charge is -2.32. The van der Waals surface area contributed by atoms with Crippen LogP contribution in [0.3, 0.4) is 0 Å². The molecule has 1 fully saturated rings. The molecule has 2 heterocycles. The summed E-state index contributed by atoms with van der Waals surface area (Å²) in [6, 6.07) is 29.6. The molecule has 1 saturated heterocycles. The molecule has 0 spiro atoms. The van der Waals surface area contributed by atoms with E-state index in [1.54, 1.807) is 6.07 Å². The smallest absolute Gasteiger partial charge is 0.399 e. The molecular weight excluding hydrogens is 409 g/mol. The van der Waals surface area contributed by atoms with Gasteiger partial charge in [0.15, 0.2) is 17.5 Å². The number of benzene rings is 2. The van der Waals surface area contributed by atoms with Crippen LogP contribution in [0.1, 0.15) is 27.7 Å². The second kappa shape index (κ2) is 8.11. The van der Waals surface area contributed by atoms with Gasteiger partial charge in [0.25, 0.3) is 0 Å². The number of hydrogen-bond donors (Lipinski definition) is 0. The van der Waals surface area contributed by atoms with E-state index in [9.17, 15) is 0 Å². The third-order valence-corrected chi connectivity index (χ3v) is 6.23. The van der Waals surface area contributed by atoms with Gasteiger partial charge in [-0.1, -0.05) is 72.8 Å². The third-order valence-electron chi connectivity index (χ3n) is 6.23. The summed E-state index contributed by atoms with van der Waals surface area (Å²) in [5.41, 5.74) is 2.66. The second-order valence-corrected chi connectivity index (χ2v) is 9.09. The first-order valence-electron chi connectivity index (χ1n) is 11.0. The fraction of sp³-hybridized carbons (Fsp3) is 0.222. The lowest BCUT2D eigenvalue weighted by Crippen LogP contribution is -2.41. The molecule has 1 aliphatic rings. The lowest BCUT2D eigenvalue weighted by atomic mass is 9.78. The van der Waals surface area contributed by atoms with Gasteiger partial charge < -0.3 is 9.31 Å². The number of hydrogen-bond acceptors (Lipinski definition) is 5. The molecule has 0 unspecified atom stereocenters. The zero-order valence-corrected chi connectivity index (χ0v) is 19.2. The summed E-state index contributed by atoms with van der Waals surface area (Å²) in [5.74, 6) is 1.74. The Hall–Kier alpha value is -3.53. The zero-order chi connectivity index (χ0) is 23.1. The monoisotopic (exact) mass is 433 g/mol. The van der Waals surface area contributed by atoms with Crippen LogP contribution in [0.15, 0.2) is 72.8 Å². The van der Waals surface area contributed by atoms with Crippen LogP contribution in [0.25, 0.3) is 34.2 Å². The normalized spacial score (nSPS) is 16.4. The largest absolute Gasteiger partial charge is 0.494 e. The van der Waals surface area contributed by atoms with Gasteiger partial charge in [-0.15, -0.1) is 0 Å². The van der Waals surface area contributed by atoms with E-state index in [0.29, 0.717) is 17.5 Å². The first-order chi connectivity index (χ1) is 15.8. The average molecular weight is 433 g/mol. The highest BCUT2D eigenvalue weighted by Gasteiger charge is 2.51. The van der Waals surface area contributed by atoms with Gasteiger partial charge in [-0.05, 0) is 45.3 Å². The topological polar surface area (TPSA) is 57.1 Å². The SMILES string of the molecule is CC1(C)OB(c2cccc(-c3nc(-c4c#cccc4)nc(-c4ccccc4)n3)c2)OC1(C)C. The molecule has 3 aromatic carbocycles. The summed E-state index contributed by atoms with van der Waals surface area (Å²) < 4.78 is 12.5. The molecule has 162 valence electrons. The van der Waals surface area contributed by atoms with Crippen LogP contribution in [-0.4, -0.2) is 33.3 Å². The van der Waals surface area contributed by atoms with Crippen LogP contribution in [0, 0.1) is 12.1 Å². The maximum Gasteiger partial charge on any atom is 0.494 e. The van der Waals surface area contributed by atoms with Crippen molar-refractivity contribution in [3.05, 3.63) is 84.9 Å². The van der Waals surface area contributed by atoms with Crippen molar-refractivity contribution in [3.8, 4) is 34.2 Å². The van der Waals surface area contributed by atoms with Crippen molar-refractivity contribution in [2.75, 3.05) is 0 Å². The van der Waals surface area contributed by atoms with Crippen LogP contribution in [0.4, 0.5) is 0 Å². The van der Waals surface area contributed by atoms with E-state index >= 15 is 0 Å². The Bertz CT molecular complexity index is 1200. The van der Waals surface area contributed by atoms with Crippen molar-refractivity contribution >= 4 is 12.6 Å². The Labute approximate surface area is 195 Å². The molecule has 5 rings (SSSR count). The van der Waals surface area contributed by atoms with E-state index in [2.05, 4.69) is 39.8 Å². The Morgan fingerprint density at radius 2 is 1.33 bits per heavy atom. The predicted molar refractivity (Wildman–Crippen MR) is 130 cm³/mol. The van der Waals surface area contributed by atoms with E-state index < -0.39 is 18.3 Å². The average Bonchev–Trinajstić information content (AvgIpc) is 3.07. The summed E-state index contributed by atoms with van der Waals surface area (Å²) in [4.78, 5) is 14.3. The Morgan fingerprint density at radius 3 is 2.00 bits per heavy atom. The molecule has 0 radical (unpaired) electrons. The second-order valence-electron chi connectivity index (χ2n) is 9.09. The van der Waals surface area contributed by atoms with Gasteiger partial charge >= 0.3 is 7.12 Å².